The number of halogens is 3. The van der Waals surface area contributed by atoms with Crippen LogP contribution in [-0.2, 0) is 4.79 Å². The number of nitrogens with one attached hydrogen (secondary N) is 1. The number of carbonyl (C=O) groups excluding carboxylic acids is 1. The number of rotatable bonds is 6. The van der Waals surface area contributed by atoms with Gasteiger partial charge in [-0.05, 0) is 19.1 Å². The molecule has 0 bridgehead atoms. The Morgan fingerprint density at radius 2 is 1.42 bits per heavy atom. The third kappa shape index (κ3) is 5.04. The molecule has 0 aliphatic carbocycles. The van der Waals surface area contributed by atoms with Crippen LogP contribution in [0.4, 0.5) is 18.9 Å². The zero-order valence-corrected chi connectivity index (χ0v) is 18.1. The van der Waals surface area contributed by atoms with Crippen molar-refractivity contribution >= 4 is 23.4 Å². The van der Waals surface area contributed by atoms with E-state index in [-0.39, 0.29) is 5.16 Å². The quantitative estimate of drug-likeness (QED) is 0.290. The lowest BCUT2D eigenvalue weighted by Crippen LogP contribution is -2.23. The van der Waals surface area contributed by atoms with Gasteiger partial charge in [0, 0.05) is 11.1 Å². The van der Waals surface area contributed by atoms with Crippen LogP contribution in [0, 0.1) is 17.5 Å². The first-order chi connectivity index (χ1) is 15.9. The molecule has 0 fully saturated rings. The number of carbonyl (C=O) groups is 1. The standard InChI is InChI=1S/C24H17F3N4OS/c1-14(23(32)28-18-13-12-17(25)19(26)20(18)27)33-24-29-21(15-8-4-2-5-9-15)22(30-31-24)16-10-6-3-7-11-16/h2-14H,1H3,(H,28,32). The molecule has 33 heavy (non-hydrogen) atoms. The van der Waals surface area contributed by atoms with E-state index in [2.05, 4.69) is 20.5 Å². The number of thioether (sulfide) groups is 1. The number of amides is 1. The molecule has 0 saturated heterocycles. The Morgan fingerprint density at radius 3 is 2.06 bits per heavy atom. The zero-order chi connectivity index (χ0) is 23.4. The number of aromatic nitrogens is 3. The Labute approximate surface area is 192 Å². The summed E-state index contributed by atoms with van der Waals surface area (Å²) in [6.07, 6.45) is 0. The van der Waals surface area contributed by atoms with Crippen molar-refractivity contribution in [1.82, 2.24) is 15.2 Å². The van der Waals surface area contributed by atoms with Crippen LogP contribution in [0.3, 0.4) is 0 Å². The van der Waals surface area contributed by atoms with E-state index < -0.39 is 34.3 Å². The number of benzene rings is 3. The highest BCUT2D eigenvalue weighted by Gasteiger charge is 2.22. The van der Waals surface area contributed by atoms with E-state index in [9.17, 15) is 18.0 Å². The van der Waals surface area contributed by atoms with Crippen LogP contribution < -0.4 is 5.32 Å². The van der Waals surface area contributed by atoms with Crippen LogP contribution in [-0.4, -0.2) is 26.3 Å². The fourth-order valence-corrected chi connectivity index (χ4v) is 3.73. The maximum absolute atomic E-state index is 13.9. The molecule has 1 N–H and O–H groups in total. The summed E-state index contributed by atoms with van der Waals surface area (Å²) in [5.41, 5.74) is 2.40. The minimum absolute atomic E-state index is 0.238. The highest BCUT2D eigenvalue weighted by atomic mass is 32.2. The molecule has 1 aromatic heterocycles. The number of hydrogen-bond donors (Lipinski definition) is 1. The Kier molecular flexibility index (Phi) is 6.69. The average Bonchev–Trinajstić information content (AvgIpc) is 2.85. The molecular weight excluding hydrogens is 449 g/mol. The molecule has 0 saturated carbocycles. The van der Waals surface area contributed by atoms with Crippen LogP contribution in [0.2, 0.25) is 0 Å². The number of anilines is 1. The summed E-state index contributed by atoms with van der Waals surface area (Å²) in [4.78, 5) is 17.1. The minimum Gasteiger partial charge on any atom is -0.323 e. The van der Waals surface area contributed by atoms with Gasteiger partial charge in [0.2, 0.25) is 11.1 Å². The summed E-state index contributed by atoms with van der Waals surface area (Å²) in [6.45, 7) is 1.56. The van der Waals surface area contributed by atoms with Gasteiger partial charge in [0.05, 0.1) is 10.9 Å². The van der Waals surface area contributed by atoms with E-state index >= 15 is 0 Å². The van der Waals surface area contributed by atoms with Crippen molar-refractivity contribution in [2.24, 2.45) is 0 Å². The third-order valence-corrected chi connectivity index (χ3v) is 5.66. The third-order valence-electron chi connectivity index (χ3n) is 4.71. The predicted octanol–water partition coefficient (Wildman–Crippen LogP) is 5.74. The van der Waals surface area contributed by atoms with Crippen molar-refractivity contribution in [2.45, 2.75) is 17.3 Å². The van der Waals surface area contributed by atoms with Crippen molar-refractivity contribution in [3.63, 3.8) is 0 Å². The van der Waals surface area contributed by atoms with E-state index in [1.54, 1.807) is 6.92 Å². The maximum Gasteiger partial charge on any atom is 0.237 e. The van der Waals surface area contributed by atoms with Gasteiger partial charge < -0.3 is 5.32 Å². The first-order valence-electron chi connectivity index (χ1n) is 9.90. The smallest absolute Gasteiger partial charge is 0.237 e. The molecule has 0 spiro atoms. The lowest BCUT2D eigenvalue weighted by atomic mass is 10.0. The molecule has 1 atom stereocenters. The lowest BCUT2D eigenvalue weighted by molar-refractivity contribution is -0.115. The second-order valence-corrected chi connectivity index (χ2v) is 8.30. The Morgan fingerprint density at radius 1 is 0.818 bits per heavy atom. The van der Waals surface area contributed by atoms with E-state index in [0.29, 0.717) is 11.4 Å². The van der Waals surface area contributed by atoms with Crippen molar-refractivity contribution in [2.75, 3.05) is 5.32 Å². The average molecular weight is 466 g/mol. The minimum atomic E-state index is -1.65. The molecule has 1 unspecified atom stereocenters. The topological polar surface area (TPSA) is 67.8 Å². The van der Waals surface area contributed by atoms with E-state index in [4.69, 9.17) is 0 Å². The van der Waals surface area contributed by atoms with Crippen LogP contribution in [0.1, 0.15) is 6.92 Å². The lowest BCUT2D eigenvalue weighted by Gasteiger charge is -2.13. The van der Waals surface area contributed by atoms with Crippen molar-refractivity contribution in [3.8, 4) is 22.5 Å². The molecule has 1 amide bonds. The van der Waals surface area contributed by atoms with Crippen molar-refractivity contribution < 1.29 is 18.0 Å². The maximum atomic E-state index is 13.9. The number of hydrogen-bond acceptors (Lipinski definition) is 5. The second-order valence-electron chi connectivity index (χ2n) is 7.00. The summed E-state index contributed by atoms with van der Waals surface area (Å²) in [5.74, 6) is -5.07. The highest BCUT2D eigenvalue weighted by Crippen LogP contribution is 2.31. The Balaban J connectivity index is 1.59. The molecule has 1 heterocycles. The normalized spacial score (nSPS) is 11.8. The monoisotopic (exact) mass is 466 g/mol. The second kappa shape index (κ2) is 9.83. The fourth-order valence-electron chi connectivity index (χ4n) is 3.02. The van der Waals surface area contributed by atoms with Gasteiger partial charge >= 0.3 is 0 Å². The summed E-state index contributed by atoms with van der Waals surface area (Å²) in [5, 5.41) is 10.2. The van der Waals surface area contributed by atoms with Crippen molar-refractivity contribution in [1.29, 1.82) is 0 Å². The van der Waals surface area contributed by atoms with Gasteiger partial charge in [-0.2, -0.15) is 0 Å². The Bertz CT molecular complexity index is 1290. The fraction of sp³-hybridized carbons (Fsp3) is 0.0833. The van der Waals surface area contributed by atoms with Gasteiger partial charge in [0.25, 0.3) is 0 Å². The molecule has 3 aromatic carbocycles. The molecule has 0 radical (unpaired) electrons. The first kappa shape index (κ1) is 22.5. The molecule has 9 heteroatoms. The molecule has 4 rings (SSSR count). The predicted molar refractivity (Wildman–Crippen MR) is 121 cm³/mol. The van der Waals surface area contributed by atoms with Gasteiger partial charge in [-0.1, -0.05) is 72.4 Å². The van der Waals surface area contributed by atoms with Crippen LogP contribution in [0.5, 0.6) is 0 Å². The van der Waals surface area contributed by atoms with Crippen LogP contribution >= 0.6 is 11.8 Å². The van der Waals surface area contributed by atoms with E-state index in [1.165, 1.54) is 0 Å². The first-order valence-corrected chi connectivity index (χ1v) is 10.8. The van der Waals surface area contributed by atoms with Gasteiger partial charge in [0.15, 0.2) is 17.5 Å². The van der Waals surface area contributed by atoms with Gasteiger partial charge in [-0.15, -0.1) is 10.2 Å². The zero-order valence-electron chi connectivity index (χ0n) is 17.3. The molecule has 0 aliphatic heterocycles. The van der Waals surface area contributed by atoms with E-state index in [1.807, 2.05) is 60.7 Å². The molecule has 0 aliphatic rings. The molecule has 166 valence electrons. The van der Waals surface area contributed by atoms with Crippen molar-refractivity contribution in [3.05, 3.63) is 90.2 Å². The van der Waals surface area contributed by atoms with Gasteiger partial charge in [-0.3, -0.25) is 4.79 Å². The summed E-state index contributed by atoms with van der Waals surface area (Å²) >= 11 is 1.01. The highest BCUT2D eigenvalue weighted by molar-refractivity contribution is 8.00. The van der Waals surface area contributed by atoms with Gasteiger partial charge in [-0.25, -0.2) is 18.2 Å². The molecule has 5 nitrogen and oxygen atoms in total. The molecular formula is C24H17F3N4OS. The van der Waals surface area contributed by atoms with Crippen LogP contribution in [0.25, 0.3) is 22.5 Å². The summed E-state index contributed by atoms with van der Waals surface area (Å²) < 4.78 is 40.4. The summed E-state index contributed by atoms with van der Waals surface area (Å²) in [6, 6.07) is 20.6. The van der Waals surface area contributed by atoms with E-state index in [0.717, 1.165) is 35.0 Å². The SMILES string of the molecule is CC(Sc1nnc(-c2ccccc2)c(-c2ccccc2)n1)C(=O)Nc1ccc(F)c(F)c1F. The van der Waals surface area contributed by atoms with Crippen LogP contribution in [0.15, 0.2) is 78.0 Å². The van der Waals surface area contributed by atoms with Gasteiger partial charge in [0.1, 0.15) is 11.4 Å². The number of nitrogens with zero attached hydrogens (tertiary/aromatic N) is 3. The molecule has 4 aromatic rings. The largest absolute Gasteiger partial charge is 0.323 e. The Hall–Kier alpha value is -3.72. The summed E-state index contributed by atoms with van der Waals surface area (Å²) in [7, 11) is 0.